The third-order valence-corrected chi connectivity index (χ3v) is 6.35. The van der Waals surface area contributed by atoms with Gasteiger partial charge in [-0.3, -0.25) is 0 Å². The number of aromatic nitrogens is 2. The van der Waals surface area contributed by atoms with Gasteiger partial charge in [-0.1, -0.05) is 6.07 Å². The van der Waals surface area contributed by atoms with Crippen molar-refractivity contribution in [3.63, 3.8) is 0 Å². The van der Waals surface area contributed by atoms with Crippen LogP contribution in [0.15, 0.2) is 24.3 Å². The van der Waals surface area contributed by atoms with Crippen LogP contribution in [-0.4, -0.2) is 54.6 Å². The third kappa shape index (κ3) is 4.80. The first-order valence-corrected chi connectivity index (χ1v) is 11.2. The zero-order valence-electron chi connectivity index (χ0n) is 18.3. The molecule has 3 heterocycles. The van der Waals surface area contributed by atoms with Crippen LogP contribution < -0.4 is 19.7 Å². The summed E-state index contributed by atoms with van der Waals surface area (Å²) in [4.78, 5) is 24.5. The smallest absolute Gasteiger partial charge is 0.493 e. The fraction of sp³-hybridized carbons (Fsp3) is 0.409. The highest BCUT2D eigenvalue weighted by atomic mass is 32.1. The van der Waals surface area contributed by atoms with Crippen molar-refractivity contribution in [2.75, 3.05) is 37.5 Å². The highest BCUT2D eigenvalue weighted by Gasteiger charge is 2.24. The van der Waals surface area contributed by atoms with Crippen molar-refractivity contribution in [1.29, 1.82) is 0 Å². The van der Waals surface area contributed by atoms with Crippen LogP contribution in [0.2, 0.25) is 0 Å². The highest BCUT2D eigenvalue weighted by molar-refractivity contribution is 7.18. The van der Waals surface area contributed by atoms with Gasteiger partial charge < -0.3 is 29.5 Å². The lowest BCUT2D eigenvalue weighted by Crippen LogP contribution is -2.38. The van der Waals surface area contributed by atoms with E-state index in [4.69, 9.17) is 29.3 Å². The molecule has 0 atom stereocenters. The average Bonchev–Trinajstić information content (AvgIpc) is 3.17. The molecule has 3 aromatic rings. The van der Waals surface area contributed by atoms with Gasteiger partial charge in [0, 0.05) is 37.4 Å². The molecule has 0 radical (unpaired) electrons. The van der Waals surface area contributed by atoms with E-state index < -0.39 is 6.16 Å². The Balaban J connectivity index is 1.54. The van der Waals surface area contributed by atoms with E-state index in [2.05, 4.69) is 23.2 Å². The maximum absolute atomic E-state index is 10.8. The molecule has 32 heavy (non-hydrogen) atoms. The van der Waals surface area contributed by atoms with E-state index in [0.717, 1.165) is 26.5 Å². The quantitative estimate of drug-likeness (QED) is 0.501. The van der Waals surface area contributed by atoms with Crippen LogP contribution in [-0.2, 0) is 11.3 Å². The molecule has 2 N–H and O–H groups in total. The summed E-state index contributed by atoms with van der Waals surface area (Å²) in [6.45, 7) is 3.90. The standard InChI is InChI=1S/C22H26N4O5S/c1-13-10-16-19(23-12-14-4-5-17(29-2)18(11-14)30-3)24-21(25-20(16)32-13)26-8-6-15(7-9-26)31-22(27)28/h4-5,10-11,15H,6-9,12H2,1-3H3,(H,27,28)(H,23,24,25). The maximum Gasteiger partial charge on any atom is 0.506 e. The summed E-state index contributed by atoms with van der Waals surface area (Å²) >= 11 is 1.63. The average molecular weight is 459 g/mol. The van der Waals surface area contributed by atoms with E-state index in [1.807, 2.05) is 18.2 Å². The fourth-order valence-corrected chi connectivity index (χ4v) is 4.67. The zero-order valence-corrected chi connectivity index (χ0v) is 19.1. The van der Waals surface area contributed by atoms with Crippen molar-refractivity contribution in [2.24, 2.45) is 0 Å². The fourth-order valence-electron chi connectivity index (χ4n) is 3.80. The highest BCUT2D eigenvalue weighted by Crippen LogP contribution is 2.32. The molecule has 1 aliphatic heterocycles. The van der Waals surface area contributed by atoms with Crippen LogP contribution in [0, 0.1) is 6.92 Å². The summed E-state index contributed by atoms with van der Waals surface area (Å²) < 4.78 is 15.6. The summed E-state index contributed by atoms with van der Waals surface area (Å²) in [7, 11) is 3.23. The molecule has 4 rings (SSSR count). The van der Waals surface area contributed by atoms with Gasteiger partial charge in [-0.25, -0.2) is 9.78 Å². The topological polar surface area (TPSA) is 106 Å². The minimum atomic E-state index is -1.23. The van der Waals surface area contributed by atoms with Crippen molar-refractivity contribution < 1.29 is 24.1 Å². The number of carbonyl (C=O) groups is 1. The number of aryl methyl sites for hydroxylation is 1. The van der Waals surface area contributed by atoms with Gasteiger partial charge in [0.15, 0.2) is 11.5 Å². The summed E-state index contributed by atoms with van der Waals surface area (Å²) in [6.07, 6.45) is -0.270. The van der Waals surface area contributed by atoms with Crippen LogP contribution in [0.1, 0.15) is 23.3 Å². The number of anilines is 2. The van der Waals surface area contributed by atoms with Gasteiger partial charge in [-0.05, 0) is 30.7 Å². The number of carboxylic acid groups (broad SMARTS) is 1. The molecule has 1 aromatic carbocycles. The Morgan fingerprint density at radius 1 is 1.19 bits per heavy atom. The first kappa shape index (κ1) is 21.9. The lowest BCUT2D eigenvalue weighted by molar-refractivity contribution is 0.0415. The first-order chi connectivity index (χ1) is 15.5. The molecule has 0 bridgehead atoms. The van der Waals surface area contributed by atoms with Gasteiger partial charge >= 0.3 is 6.16 Å². The summed E-state index contributed by atoms with van der Waals surface area (Å²) in [5.74, 6) is 2.78. The van der Waals surface area contributed by atoms with Gasteiger partial charge in [0.25, 0.3) is 0 Å². The van der Waals surface area contributed by atoms with Gasteiger partial charge in [-0.15, -0.1) is 11.3 Å². The molecule has 0 saturated carbocycles. The molecule has 0 amide bonds. The molecule has 1 aliphatic rings. The second-order valence-corrected chi connectivity index (χ2v) is 8.80. The van der Waals surface area contributed by atoms with E-state index in [1.165, 1.54) is 0 Å². The predicted octanol–water partition coefficient (Wildman–Crippen LogP) is 4.29. The van der Waals surface area contributed by atoms with Crippen molar-refractivity contribution in [1.82, 2.24) is 9.97 Å². The Kier molecular flexibility index (Phi) is 6.50. The normalized spacial score (nSPS) is 14.4. The molecule has 1 fully saturated rings. The van der Waals surface area contributed by atoms with Crippen molar-refractivity contribution in [3.05, 3.63) is 34.7 Å². The molecule has 9 nitrogen and oxygen atoms in total. The molecule has 10 heteroatoms. The number of fused-ring (bicyclic) bond motifs is 1. The lowest BCUT2D eigenvalue weighted by atomic mass is 10.1. The van der Waals surface area contributed by atoms with Gasteiger partial charge in [-0.2, -0.15) is 4.98 Å². The Labute approximate surface area is 189 Å². The Morgan fingerprint density at radius 2 is 1.94 bits per heavy atom. The molecule has 1 saturated heterocycles. The largest absolute Gasteiger partial charge is 0.506 e. The third-order valence-electron chi connectivity index (χ3n) is 5.40. The minimum absolute atomic E-state index is 0.279. The maximum atomic E-state index is 10.8. The zero-order chi connectivity index (χ0) is 22.7. The summed E-state index contributed by atoms with van der Waals surface area (Å²) in [5, 5.41) is 13.3. The minimum Gasteiger partial charge on any atom is -0.493 e. The first-order valence-electron chi connectivity index (χ1n) is 10.3. The van der Waals surface area contributed by atoms with Gasteiger partial charge in [0.1, 0.15) is 16.8 Å². The number of methoxy groups -OCH3 is 2. The molecular formula is C22H26N4O5S. The summed E-state index contributed by atoms with van der Waals surface area (Å²) in [6, 6.07) is 7.90. The number of hydrogen-bond acceptors (Lipinski definition) is 9. The number of nitrogens with zero attached hydrogens (tertiary/aromatic N) is 3. The Hall–Kier alpha value is -3.27. The van der Waals surface area contributed by atoms with Crippen LogP contribution in [0.5, 0.6) is 11.5 Å². The lowest BCUT2D eigenvalue weighted by Gasteiger charge is -2.31. The number of rotatable bonds is 7. The number of hydrogen-bond donors (Lipinski definition) is 2. The van der Waals surface area contributed by atoms with Crippen molar-refractivity contribution in [3.8, 4) is 11.5 Å². The number of ether oxygens (including phenoxy) is 3. The molecule has 0 aliphatic carbocycles. The van der Waals surface area contributed by atoms with Crippen molar-refractivity contribution >= 4 is 39.5 Å². The van der Waals surface area contributed by atoms with Crippen LogP contribution in [0.3, 0.4) is 0 Å². The molecule has 0 spiro atoms. The Bertz CT molecular complexity index is 1110. The molecule has 170 valence electrons. The van der Waals surface area contributed by atoms with Crippen LogP contribution in [0.4, 0.5) is 16.6 Å². The van der Waals surface area contributed by atoms with E-state index >= 15 is 0 Å². The number of nitrogens with one attached hydrogen (secondary N) is 1. The van der Waals surface area contributed by atoms with E-state index in [-0.39, 0.29) is 6.10 Å². The predicted molar refractivity (Wildman–Crippen MR) is 123 cm³/mol. The second kappa shape index (κ2) is 9.47. The number of thiophene rings is 1. The molecule has 0 unspecified atom stereocenters. The summed E-state index contributed by atoms with van der Waals surface area (Å²) in [5.41, 5.74) is 1.04. The van der Waals surface area contributed by atoms with Gasteiger partial charge in [0.2, 0.25) is 5.95 Å². The van der Waals surface area contributed by atoms with E-state index in [0.29, 0.717) is 49.9 Å². The second-order valence-electron chi connectivity index (χ2n) is 7.56. The van der Waals surface area contributed by atoms with Gasteiger partial charge in [0.05, 0.1) is 19.6 Å². The van der Waals surface area contributed by atoms with E-state index in [1.54, 1.807) is 25.6 Å². The monoisotopic (exact) mass is 458 g/mol. The Morgan fingerprint density at radius 3 is 2.62 bits per heavy atom. The van der Waals surface area contributed by atoms with Crippen LogP contribution >= 0.6 is 11.3 Å². The SMILES string of the molecule is COc1ccc(CNc2nc(N3CCC(OC(=O)O)CC3)nc3sc(C)cc23)cc1OC. The number of piperidine rings is 1. The molecular weight excluding hydrogens is 432 g/mol. The van der Waals surface area contributed by atoms with Crippen LogP contribution in [0.25, 0.3) is 10.2 Å². The molecule has 2 aromatic heterocycles. The van der Waals surface area contributed by atoms with Crippen molar-refractivity contribution in [2.45, 2.75) is 32.4 Å². The van der Waals surface area contributed by atoms with E-state index in [9.17, 15) is 4.79 Å². The number of benzene rings is 1.